The van der Waals surface area contributed by atoms with Crippen LogP contribution in [0.25, 0.3) is 0 Å². The number of ether oxygens (including phenoxy) is 6. The quantitative estimate of drug-likeness (QED) is 0.0616. The molecule has 2 saturated heterocycles. The van der Waals surface area contributed by atoms with Crippen molar-refractivity contribution in [1.82, 2.24) is 15.0 Å². The van der Waals surface area contributed by atoms with Gasteiger partial charge in [0.15, 0.2) is 12.6 Å². The Bertz CT molecular complexity index is 1190. The van der Waals surface area contributed by atoms with Crippen LogP contribution in [0.1, 0.15) is 57.1 Å². The summed E-state index contributed by atoms with van der Waals surface area (Å²) in [6.45, 7) is 1.47. The van der Waals surface area contributed by atoms with Gasteiger partial charge in [0.05, 0.1) is 54.4 Å². The zero-order valence-corrected chi connectivity index (χ0v) is 31.6. The second-order valence-corrected chi connectivity index (χ2v) is 15.6. The lowest BCUT2D eigenvalue weighted by molar-refractivity contribution is -0.272. The minimum absolute atomic E-state index is 0.105. The SMILES string of the molecule is NC[C@H]1O[C@H](O[C@H]2[C@H](OCCCCc3cn(CCCCO[C@@H]4[C@@H](O)[C@H](N)C[C@H](N)[C@H]4O[C@H]4O[C@H](CN)[C@@H](O)C[C@H]4N)nn3)[C@@H](O)[C@H](N)C[C@@H]2N)[C@H](N)C[C@@H]1O. The second-order valence-electron chi connectivity index (χ2n) is 15.6. The molecule has 20 N–H and O–H groups in total. The lowest BCUT2D eigenvalue weighted by atomic mass is 9.84. The van der Waals surface area contributed by atoms with Gasteiger partial charge in [-0.15, -0.1) is 5.10 Å². The molecule has 0 unspecified atom stereocenters. The zero-order chi connectivity index (χ0) is 39.8. The first-order valence-corrected chi connectivity index (χ1v) is 19.7. The minimum Gasteiger partial charge on any atom is -0.390 e. The van der Waals surface area contributed by atoms with E-state index in [-0.39, 0.29) is 25.9 Å². The standard InChI is InChI=1S/C34H67N11O10/c35-13-25-23(46)11-21(41)33(52-25)54-29-19(39)9-17(37)27(48)31(29)50-7-3-1-5-16-15-45(44-43-16)6-2-4-8-51-32-28(49)18(38)10-20(40)30(32)55-34-22(42)12-24(47)26(14-36)53-34/h15,17-34,46-49H,1-14,35-42H2/t17-,18-,19+,20+,21-,22-,23+,24+,25-,26-,27+,28+,29-,30-,31-,32-,33-,34-/m1/s1. The predicted octanol–water partition coefficient (Wildman–Crippen LogP) is -5.72. The monoisotopic (exact) mass is 790 g/mol. The molecule has 0 aromatic carbocycles. The Kier molecular flexibility index (Phi) is 16.9. The third-order valence-electron chi connectivity index (χ3n) is 11.2. The number of hydrogen-bond acceptors (Lipinski definition) is 20. The van der Waals surface area contributed by atoms with E-state index in [2.05, 4.69) is 10.3 Å². The molecule has 21 heteroatoms. The number of hydrogen-bond donors (Lipinski definition) is 12. The van der Waals surface area contributed by atoms with Crippen LogP contribution in [0.4, 0.5) is 0 Å². The highest BCUT2D eigenvalue weighted by Gasteiger charge is 2.48. The van der Waals surface area contributed by atoms with Gasteiger partial charge < -0.3 is 94.7 Å². The van der Waals surface area contributed by atoms with Crippen LogP contribution < -0.4 is 45.9 Å². The van der Waals surface area contributed by atoms with E-state index in [0.29, 0.717) is 51.9 Å². The number of nitrogens with two attached hydrogens (primary N) is 8. The molecule has 2 saturated carbocycles. The Balaban J connectivity index is 1.02. The molecule has 1 aromatic heterocycles. The molecule has 1 aromatic rings. The fourth-order valence-corrected chi connectivity index (χ4v) is 7.88. The molecule has 4 aliphatic rings. The number of aliphatic hydroxyl groups excluding tert-OH is 4. The van der Waals surface area contributed by atoms with Crippen LogP contribution in [-0.4, -0.2) is 172 Å². The molecule has 2 aliphatic carbocycles. The number of rotatable bonds is 18. The molecular weight excluding hydrogens is 722 g/mol. The summed E-state index contributed by atoms with van der Waals surface area (Å²) in [7, 11) is 0. The highest BCUT2D eigenvalue weighted by Crippen LogP contribution is 2.30. The number of aromatic nitrogens is 3. The molecule has 55 heavy (non-hydrogen) atoms. The average Bonchev–Trinajstić information content (AvgIpc) is 3.60. The maximum Gasteiger partial charge on any atom is 0.173 e. The van der Waals surface area contributed by atoms with Crippen molar-refractivity contribution < 1.29 is 48.8 Å². The van der Waals surface area contributed by atoms with E-state index in [0.717, 1.165) is 18.5 Å². The molecule has 18 atom stereocenters. The average molecular weight is 790 g/mol. The lowest BCUT2D eigenvalue weighted by Crippen LogP contribution is -2.65. The summed E-state index contributed by atoms with van der Waals surface area (Å²) in [5, 5.41) is 50.8. The fourth-order valence-electron chi connectivity index (χ4n) is 7.88. The molecule has 21 nitrogen and oxygen atoms in total. The Hall–Kier alpha value is -1.58. The molecule has 0 spiro atoms. The van der Waals surface area contributed by atoms with Crippen LogP contribution in [0.2, 0.25) is 0 Å². The molecule has 0 amide bonds. The van der Waals surface area contributed by atoms with E-state index < -0.39 is 110 Å². The van der Waals surface area contributed by atoms with E-state index in [1.165, 1.54) is 0 Å². The summed E-state index contributed by atoms with van der Waals surface area (Å²) in [4.78, 5) is 0. The smallest absolute Gasteiger partial charge is 0.173 e. The summed E-state index contributed by atoms with van der Waals surface area (Å²) in [6.07, 6.45) is -3.04. The summed E-state index contributed by atoms with van der Waals surface area (Å²) < 4.78 is 38.0. The van der Waals surface area contributed by atoms with E-state index in [4.69, 9.17) is 74.3 Å². The lowest BCUT2D eigenvalue weighted by Gasteiger charge is -2.45. The van der Waals surface area contributed by atoms with Crippen molar-refractivity contribution in [3.8, 4) is 0 Å². The van der Waals surface area contributed by atoms with E-state index in [1.54, 1.807) is 4.68 Å². The van der Waals surface area contributed by atoms with Crippen molar-refractivity contribution in [3.63, 3.8) is 0 Å². The van der Waals surface area contributed by atoms with Gasteiger partial charge in [0.25, 0.3) is 0 Å². The second kappa shape index (κ2) is 20.9. The first-order valence-electron chi connectivity index (χ1n) is 19.7. The van der Waals surface area contributed by atoms with Crippen LogP contribution in [-0.2, 0) is 41.4 Å². The zero-order valence-electron chi connectivity index (χ0n) is 31.6. The highest BCUT2D eigenvalue weighted by molar-refractivity contribution is 5.01. The van der Waals surface area contributed by atoms with Gasteiger partial charge in [-0.2, -0.15) is 0 Å². The maximum absolute atomic E-state index is 10.9. The van der Waals surface area contributed by atoms with Gasteiger partial charge in [-0.3, -0.25) is 4.68 Å². The molecule has 4 fully saturated rings. The van der Waals surface area contributed by atoms with Crippen molar-refractivity contribution >= 4 is 0 Å². The number of aryl methyl sites for hydroxylation is 2. The maximum atomic E-state index is 10.9. The first kappa shape index (κ1) is 44.5. The van der Waals surface area contributed by atoms with Gasteiger partial charge >= 0.3 is 0 Å². The van der Waals surface area contributed by atoms with Gasteiger partial charge in [0.2, 0.25) is 0 Å². The summed E-state index contributed by atoms with van der Waals surface area (Å²) in [5.74, 6) is 0. The predicted molar refractivity (Wildman–Crippen MR) is 197 cm³/mol. The van der Waals surface area contributed by atoms with Crippen molar-refractivity contribution in [3.05, 3.63) is 11.9 Å². The van der Waals surface area contributed by atoms with E-state index in [9.17, 15) is 20.4 Å². The summed E-state index contributed by atoms with van der Waals surface area (Å²) in [6, 6.07) is -3.41. The van der Waals surface area contributed by atoms with Gasteiger partial charge in [0.1, 0.15) is 24.4 Å². The number of nitrogens with zero attached hydrogens (tertiary/aromatic N) is 3. The van der Waals surface area contributed by atoms with Gasteiger partial charge in [-0.1, -0.05) is 5.21 Å². The number of aliphatic hydroxyl groups is 4. The normalized spacial score (nSPS) is 42.8. The summed E-state index contributed by atoms with van der Waals surface area (Å²) >= 11 is 0. The third-order valence-corrected chi connectivity index (χ3v) is 11.2. The summed E-state index contributed by atoms with van der Waals surface area (Å²) in [5.41, 5.74) is 49.9. The highest BCUT2D eigenvalue weighted by atomic mass is 16.7. The Morgan fingerprint density at radius 2 is 1.09 bits per heavy atom. The van der Waals surface area contributed by atoms with Crippen LogP contribution >= 0.6 is 0 Å². The van der Waals surface area contributed by atoms with Gasteiger partial charge in [-0.25, -0.2) is 0 Å². The Labute approximate surface area is 321 Å². The van der Waals surface area contributed by atoms with Crippen LogP contribution in [0.15, 0.2) is 6.20 Å². The molecule has 5 rings (SSSR count). The molecular formula is C34H67N11O10. The van der Waals surface area contributed by atoms with Gasteiger partial charge in [0, 0.05) is 63.2 Å². The molecule has 0 radical (unpaired) electrons. The van der Waals surface area contributed by atoms with Crippen molar-refractivity contribution in [2.45, 2.75) is 174 Å². The van der Waals surface area contributed by atoms with E-state index in [1.807, 2.05) is 6.20 Å². The van der Waals surface area contributed by atoms with Crippen molar-refractivity contribution in [2.24, 2.45) is 45.9 Å². The minimum atomic E-state index is -1.00. The Morgan fingerprint density at radius 3 is 1.56 bits per heavy atom. The fraction of sp³-hybridized carbons (Fsp3) is 0.941. The Morgan fingerprint density at radius 1 is 0.618 bits per heavy atom. The number of unbranched alkanes of at least 4 members (excludes halogenated alkanes) is 2. The van der Waals surface area contributed by atoms with E-state index >= 15 is 0 Å². The van der Waals surface area contributed by atoms with Crippen LogP contribution in [0.3, 0.4) is 0 Å². The largest absolute Gasteiger partial charge is 0.390 e. The van der Waals surface area contributed by atoms with Crippen molar-refractivity contribution in [1.29, 1.82) is 0 Å². The third kappa shape index (κ3) is 11.5. The first-order chi connectivity index (χ1) is 26.3. The topological polar surface area (TPSA) is 375 Å². The van der Waals surface area contributed by atoms with Crippen LogP contribution in [0, 0.1) is 0 Å². The van der Waals surface area contributed by atoms with Gasteiger partial charge in [-0.05, 0) is 57.8 Å². The molecule has 318 valence electrons. The molecule has 0 bridgehead atoms. The molecule has 3 heterocycles. The molecule has 2 aliphatic heterocycles. The van der Waals surface area contributed by atoms with Crippen molar-refractivity contribution in [2.75, 3.05) is 26.3 Å². The van der Waals surface area contributed by atoms with Crippen LogP contribution in [0.5, 0.6) is 0 Å².